The van der Waals surface area contributed by atoms with Crippen molar-refractivity contribution in [1.29, 1.82) is 0 Å². The van der Waals surface area contributed by atoms with Gasteiger partial charge in [-0.05, 0) is 19.1 Å². The first kappa shape index (κ1) is 16.4. The second-order valence-electron chi connectivity index (χ2n) is 5.52. The summed E-state index contributed by atoms with van der Waals surface area (Å²) in [7, 11) is 0. The first-order chi connectivity index (χ1) is 11.5. The van der Waals surface area contributed by atoms with Gasteiger partial charge in [-0.2, -0.15) is 0 Å². The van der Waals surface area contributed by atoms with Crippen LogP contribution in [0.4, 0.5) is 9.93 Å². The van der Waals surface area contributed by atoms with Gasteiger partial charge in [0.2, 0.25) is 5.91 Å². The molecule has 8 heteroatoms. The quantitative estimate of drug-likeness (QED) is 0.886. The smallest absolute Gasteiger partial charge is 0.410 e. The summed E-state index contributed by atoms with van der Waals surface area (Å²) in [5.74, 6) is 0.00417. The van der Waals surface area contributed by atoms with Crippen LogP contribution in [0.3, 0.4) is 0 Å². The van der Waals surface area contributed by atoms with Crippen LogP contribution in [0.25, 0.3) is 0 Å². The fourth-order valence-corrected chi connectivity index (χ4v) is 3.20. The molecule has 3 rings (SSSR count). The van der Waals surface area contributed by atoms with Crippen molar-refractivity contribution in [3.8, 4) is 5.75 Å². The van der Waals surface area contributed by atoms with Crippen LogP contribution in [0.5, 0.6) is 5.75 Å². The molecule has 2 aromatic rings. The minimum Gasteiger partial charge on any atom is -0.410 e. The summed E-state index contributed by atoms with van der Waals surface area (Å²) in [6.45, 7) is 1.88. The van der Waals surface area contributed by atoms with E-state index in [1.165, 1.54) is 16.2 Å². The van der Waals surface area contributed by atoms with Crippen LogP contribution in [0, 0.1) is 6.92 Å². The Balaban J connectivity index is 1.69. The number of aromatic nitrogens is 1. The van der Waals surface area contributed by atoms with Crippen molar-refractivity contribution in [3.05, 3.63) is 41.4 Å². The Labute approximate surface area is 142 Å². The SMILES string of the molecule is Cc1csc(NC(=O)[C@H]2C[C@@H](O)CN2C(=O)Oc2ccccc2)n1. The molecule has 1 aromatic carbocycles. The molecule has 2 atom stereocenters. The number of benzene rings is 1. The molecule has 0 aliphatic carbocycles. The zero-order valence-electron chi connectivity index (χ0n) is 13.0. The average molecular weight is 347 g/mol. The van der Waals surface area contributed by atoms with E-state index in [1.807, 2.05) is 18.4 Å². The number of para-hydroxylation sites is 1. The maximum Gasteiger partial charge on any atom is 0.416 e. The van der Waals surface area contributed by atoms with E-state index in [0.717, 1.165) is 5.69 Å². The lowest BCUT2D eigenvalue weighted by atomic mass is 10.2. The summed E-state index contributed by atoms with van der Waals surface area (Å²) >= 11 is 1.31. The Morgan fingerprint density at radius 1 is 1.38 bits per heavy atom. The van der Waals surface area contributed by atoms with Crippen LogP contribution in [-0.2, 0) is 4.79 Å². The van der Waals surface area contributed by atoms with Gasteiger partial charge in [-0.25, -0.2) is 9.78 Å². The topological polar surface area (TPSA) is 91.8 Å². The van der Waals surface area contributed by atoms with Gasteiger partial charge in [0, 0.05) is 11.8 Å². The molecule has 0 spiro atoms. The second kappa shape index (κ2) is 6.98. The number of ether oxygens (including phenoxy) is 1. The van der Waals surface area contributed by atoms with E-state index >= 15 is 0 Å². The van der Waals surface area contributed by atoms with Gasteiger partial charge in [-0.1, -0.05) is 18.2 Å². The molecule has 126 valence electrons. The zero-order valence-corrected chi connectivity index (χ0v) is 13.8. The highest BCUT2D eigenvalue weighted by atomic mass is 32.1. The molecule has 2 amide bonds. The number of carbonyl (C=O) groups is 2. The number of β-amino-alcohol motifs (C(OH)–C–C–N with tert-alkyl or cyclic N) is 1. The molecule has 1 saturated heterocycles. The van der Waals surface area contributed by atoms with E-state index < -0.39 is 18.2 Å². The lowest BCUT2D eigenvalue weighted by molar-refractivity contribution is -0.119. The largest absolute Gasteiger partial charge is 0.416 e. The summed E-state index contributed by atoms with van der Waals surface area (Å²) in [6.07, 6.45) is -1.25. The molecule has 1 fully saturated rings. The Morgan fingerprint density at radius 3 is 2.79 bits per heavy atom. The van der Waals surface area contributed by atoms with Gasteiger partial charge < -0.3 is 15.2 Å². The molecule has 24 heavy (non-hydrogen) atoms. The van der Waals surface area contributed by atoms with Crippen molar-refractivity contribution in [2.75, 3.05) is 11.9 Å². The number of carbonyl (C=O) groups excluding carboxylic acids is 2. The number of rotatable bonds is 3. The van der Waals surface area contributed by atoms with E-state index in [1.54, 1.807) is 24.3 Å². The molecule has 0 bridgehead atoms. The normalized spacial score (nSPS) is 20.0. The third-order valence-electron chi connectivity index (χ3n) is 3.61. The molecule has 0 radical (unpaired) electrons. The molecule has 2 N–H and O–H groups in total. The third-order valence-corrected chi connectivity index (χ3v) is 4.49. The summed E-state index contributed by atoms with van der Waals surface area (Å²) in [5.41, 5.74) is 0.808. The molecule has 7 nitrogen and oxygen atoms in total. The summed E-state index contributed by atoms with van der Waals surface area (Å²) in [4.78, 5) is 30.2. The fourth-order valence-electron chi connectivity index (χ4n) is 2.51. The number of thiazole rings is 1. The van der Waals surface area contributed by atoms with Crippen molar-refractivity contribution < 1.29 is 19.4 Å². The summed E-state index contributed by atoms with van der Waals surface area (Å²) in [6, 6.07) is 7.81. The molecule has 1 aliphatic heterocycles. The maximum absolute atomic E-state index is 12.4. The number of aliphatic hydroxyl groups is 1. The highest BCUT2D eigenvalue weighted by Gasteiger charge is 2.40. The first-order valence-electron chi connectivity index (χ1n) is 7.47. The Hall–Kier alpha value is -2.45. The van der Waals surface area contributed by atoms with Gasteiger partial charge in [-0.15, -0.1) is 11.3 Å². The van der Waals surface area contributed by atoms with Crippen LogP contribution in [0.15, 0.2) is 35.7 Å². The number of nitrogens with one attached hydrogen (secondary N) is 1. The van der Waals surface area contributed by atoms with Crippen molar-refractivity contribution >= 4 is 28.5 Å². The standard InChI is InChI=1S/C16H17N3O4S/c1-10-9-24-15(17-10)18-14(21)13-7-11(20)8-19(13)16(22)23-12-5-3-2-4-6-12/h2-6,9,11,13,20H,7-8H2,1H3,(H,17,18,21)/t11-,13-/m1/s1. The lowest BCUT2D eigenvalue weighted by Crippen LogP contribution is -2.44. The number of amides is 2. The molecule has 1 aliphatic rings. The number of aryl methyl sites for hydroxylation is 1. The van der Waals surface area contributed by atoms with E-state index in [-0.39, 0.29) is 18.9 Å². The van der Waals surface area contributed by atoms with Crippen LogP contribution in [0.2, 0.25) is 0 Å². The molecule has 0 saturated carbocycles. The number of nitrogens with zero attached hydrogens (tertiary/aromatic N) is 2. The first-order valence-corrected chi connectivity index (χ1v) is 8.35. The Morgan fingerprint density at radius 2 is 2.12 bits per heavy atom. The van der Waals surface area contributed by atoms with Crippen LogP contribution >= 0.6 is 11.3 Å². The number of anilines is 1. The van der Waals surface area contributed by atoms with Crippen LogP contribution in [-0.4, -0.2) is 45.7 Å². The molecular weight excluding hydrogens is 330 g/mol. The molecule has 1 aromatic heterocycles. The Kier molecular flexibility index (Phi) is 4.77. The van der Waals surface area contributed by atoms with Gasteiger partial charge in [0.15, 0.2) is 5.13 Å². The van der Waals surface area contributed by atoms with Crippen LogP contribution < -0.4 is 10.1 Å². The van der Waals surface area contributed by atoms with E-state index in [9.17, 15) is 14.7 Å². The van der Waals surface area contributed by atoms with Crippen molar-refractivity contribution in [1.82, 2.24) is 9.88 Å². The van der Waals surface area contributed by atoms with Crippen LogP contribution in [0.1, 0.15) is 12.1 Å². The number of aliphatic hydroxyl groups excluding tert-OH is 1. The van der Waals surface area contributed by atoms with Gasteiger partial charge >= 0.3 is 6.09 Å². The average Bonchev–Trinajstić information content (AvgIpc) is 3.14. The van der Waals surface area contributed by atoms with E-state index in [0.29, 0.717) is 10.9 Å². The fraction of sp³-hybridized carbons (Fsp3) is 0.312. The molecule has 2 heterocycles. The van der Waals surface area contributed by atoms with Crippen molar-refractivity contribution in [3.63, 3.8) is 0 Å². The van der Waals surface area contributed by atoms with Gasteiger partial charge in [-0.3, -0.25) is 9.69 Å². The number of hydrogen-bond donors (Lipinski definition) is 2. The van der Waals surface area contributed by atoms with E-state index in [4.69, 9.17) is 4.74 Å². The number of hydrogen-bond acceptors (Lipinski definition) is 6. The van der Waals surface area contributed by atoms with Crippen molar-refractivity contribution in [2.24, 2.45) is 0 Å². The Bertz CT molecular complexity index is 734. The maximum atomic E-state index is 12.4. The zero-order chi connectivity index (χ0) is 17.1. The van der Waals surface area contributed by atoms with Gasteiger partial charge in [0.1, 0.15) is 11.8 Å². The molecular formula is C16H17N3O4S. The highest BCUT2D eigenvalue weighted by molar-refractivity contribution is 7.13. The molecule has 0 unspecified atom stereocenters. The predicted octanol–water partition coefficient (Wildman–Crippen LogP) is 2.02. The lowest BCUT2D eigenvalue weighted by Gasteiger charge is -2.22. The summed E-state index contributed by atoms with van der Waals surface area (Å²) in [5, 5.41) is 14.8. The minimum atomic E-state index is -0.791. The third kappa shape index (κ3) is 3.72. The second-order valence-corrected chi connectivity index (χ2v) is 6.38. The minimum absolute atomic E-state index is 0.0562. The highest BCUT2D eigenvalue weighted by Crippen LogP contribution is 2.23. The van der Waals surface area contributed by atoms with Gasteiger partial charge in [0.05, 0.1) is 18.3 Å². The number of likely N-dealkylation sites (tertiary alicyclic amines) is 1. The van der Waals surface area contributed by atoms with Gasteiger partial charge in [0.25, 0.3) is 0 Å². The predicted molar refractivity (Wildman–Crippen MR) is 89.1 cm³/mol. The summed E-state index contributed by atoms with van der Waals surface area (Å²) < 4.78 is 5.26. The monoisotopic (exact) mass is 347 g/mol. The van der Waals surface area contributed by atoms with E-state index in [2.05, 4.69) is 10.3 Å². The van der Waals surface area contributed by atoms with Crippen molar-refractivity contribution in [2.45, 2.75) is 25.5 Å².